The van der Waals surface area contributed by atoms with Gasteiger partial charge in [0.1, 0.15) is 24.1 Å². The molecule has 0 bridgehead atoms. The average molecular weight is 327 g/mol. The molecule has 1 aliphatic heterocycles. The molecule has 128 valence electrons. The molecular weight excluding hydrogens is 306 g/mol. The Balaban J connectivity index is 2.25. The number of aryl methyl sites for hydroxylation is 1. The van der Waals surface area contributed by atoms with Crippen molar-refractivity contribution in [2.45, 2.75) is 44.1 Å². The van der Waals surface area contributed by atoms with E-state index in [9.17, 15) is 20.1 Å². The topological polar surface area (TPSA) is 128 Å². The standard InChI is InChI=1S/C15H21NO7/c1-3-7-4-5-8(16-2)9(6-7)22-15-12(19)10(17)11(18)13(23-15)14(20)21/h4-6,10-13,15-19H,3H2,1-2H3,(H,20,21)/t10-,11-,12+,13-,15+/m0/s1. The monoisotopic (exact) mass is 327 g/mol. The molecule has 23 heavy (non-hydrogen) atoms. The van der Waals surface area contributed by atoms with Crippen LogP contribution in [0.1, 0.15) is 12.5 Å². The second kappa shape index (κ2) is 7.14. The van der Waals surface area contributed by atoms with Crippen molar-refractivity contribution in [2.75, 3.05) is 12.4 Å². The van der Waals surface area contributed by atoms with Crippen molar-refractivity contribution in [3.05, 3.63) is 23.8 Å². The zero-order chi connectivity index (χ0) is 17.1. The molecule has 1 aromatic carbocycles. The number of hydrogen-bond acceptors (Lipinski definition) is 7. The Morgan fingerprint density at radius 1 is 1.26 bits per heavy atom. The highest BCUT2D eigenvalue weighted by Gasteiger charge is 2.48. The Morgan fingerprint density at radius 3 is 2.52 bits per heavy atom. The van der Waals surface area contributed by atoms with Crippen LogP contribution in [0.3, 0.4) is 0 Å². The maximum absolute atomic E-state index is 11.1. The van der Waals surface area contributed by atoms with Gasteiger partial charge in [0, 0.05) is 7.05 Å². The minimum atomic E-state index is -1.74. The lowest BCUT2D eigenvalue weighted by Gasteiger charge is -2.38. The van der Waals surface area contributed by atoms with E-state index in [2.05, 4.69) is 5.32 Å². The quantitative estimate of drug-likeness (QED) is 0.492. The van der Waals surface area contributed by atoms with Crippen LogP contribution in [0.2, 0.25) is 0 Å². The maximum Gasteiger partial charge on any atom is 0.335 e. The average Bonchev–Trinajstić information content (AvgIpc) is 2.54. The molecule has 0 aliphatic carbocycles. The summed E-state index contributed by atoms with van der Waals surface area (Å²) in [7, 11) is 1.69. The molecule has 5 N–H and O–H groups in total. The number of aliphatic carboxylic acids is 1. The van der Waals surface area contributed by atoms with Crippen LogP contribution in [0.5, 0.6) is 5.75 Å². The summed E-state index contributed by atoms with van der Waals surface area (Å²) >= 11 is 0. The van der Waals surface area contributed by atoms with Gasteiger partial charge in [0.15, 0.2) is 6.10 Å². The number of aliphatic hydroxyl groups is 3. The van der Waals surface area contributed by atoms with E-state index in [1.54, 1.807) is 19.2 Å². The van der Waals surface area contributed by atoms with Gasteiger partial charge in [-0.3, -0.25) is 0 Å². The number of benzene rings is 1. The van der Waals surface area contributed by atoms with E-state index in [0.717, 1.165) is 12.0 Å². The minimum Gasteiger partial charge on any atom is -0.479 e. The number of carboxylic acids is 1. The Labute approximate surface area is 133 Å². The molecule has 1 fully saturated rings. The maximum atomic E-state index is 11.1. The summed E-state index contributed by atoms with van der Waals surface area (Å²) in [6.45, 7) is 1.96. The summed E-state index contributed by atoms with van der Waals surface area (Å²) in [5.74, 6) is -1.10. The molecule has 1 aromatic rings. The smallest absolute Gasteiger partial charge is 0.335 e. The zero-order valence-electron chi connectivity index (χ0n) is 12.8. The zero-order valence-corrected chi connectivity index (χ0v) is 12.8. The fourth-order valence-corrected chi connectivity index (χ4v) is 2.37. The third-order valence-corrected chi connectivity index (χ3v) is 3.78. The fraction of sp³-hybridized carbons (Fsp3) is 0.533. The molecule has 1 heterocycles. The SMILES string of the molecule is CCc1ccc(NC)c(O[C@@H]2O[C@H](C(=O)O)[C@@H](O)[C@H](O)[C@H]2O)c1. The predicted octanol–water partition coefficient (Wildman–Crippen LogP) is -0.438. The van der Waals surface area contributed by atoms with Crippen molar-refractivity contribution in [3.63, 3.8) is 0 Å². The van der Waals surface area contributed by atoms with Crippen molar-refractivity contribution in [1.29, 1.82) is 0 Å². The number of rotatable bonds is 5. The lowest BCUT2D eigenvalue weighted by atomic mass is 9.99. The van der Waals surface area contributed by atoms with Gasteiger partial charge < -0.3 is 35.2 Å². The van der Waals surface area contributed by atoms with E-state index in [1.165, 1.54) is 0 Å². The lowest BCUT2D eigenvalue weighted by Crippen LogP contribution is -2.61. The van der Waals surface area contributed by atoms with E-state index < -0.39 is 36.7 Å². The second-order valence-corrected chi connectivity index (χ2v) is 5.29. The van der Waals surface area contributed by atoms with Crippen LogP contribution in [0.4, 0.5) is 5.69 Å². The molecule has 0 amide bonds. The van der Waals surface area contributed by atoms with Gasteiger partial charge in [0.2, 0.25) is 6.29 Å². The Bertz CT molecular complexity index is 565. The van der Waals surface area contributed by atoms with Gasteiger partial charge >= 0.3 is 5.97 Å². The van der Waals surface area contributed by atoms with Crippen molar-refractivity contribution in [2.24, 2.45) is 0 Å². The third kappa shape index (κ3) is 3.56. The number of carboxylic acid groups (broad SMARTS) is 1. The van der Waals surface area contributed by atoms with E-state index in [-0.39, 0.29) is 0 Å². The summed E-state index contributed by atoms with van der Waals surface area (Å²) in [4.78, 5) is 11.1. The van der Waals surface area contributed by atoms with Crippen LogP contribution >= 0.6 is 0 Å². The van der Waals surface area contributed by atoms with Gasteiger partial charge in [-0.25, -0.2) is 4.79 Å². The highest BCUT2D eigenvalue weighted by Crippen LogP contribution is 2.30. The summed E-state index contributed by atoms with van der Waals surface area (Å²) in [5.41, 5.74) is 1.59. The number of anilines is 1. The Morgan fingerprint density at radius 2 is 1.96 bits per heavy atom. The Kier molecular flexibility index (Phi) is 5.42. The van der Waals surface area contributed by atoms with Gasteiger partial charge in [-0.2, -0.15) is 0 Å². The van der Waals surface area contributed by atoms with E-state index in [1.807, 2.05) is 13.0 Å². The van der Waals surface area contributed by atoms with Crippen molar-refractivity contribution in [3.8, 4) is 5.75 Å². The highest BCUT2D eigenvalue weighted by atomic mass is 16.7. The number of carbonyl (C=O) groups is 1. The van der Waals surface area contributed by atoms with Crippen LogP contribution in [0.15, 0.2) is 18.2 Å². The first-order chi connectivity index (χ1) is 10.9. The Hall–Kier alpha value is -1.87. The normalized spacial score (nSPS) is 30.7. The first kappa shape index (κ1) is 17.5. The molecule has 0 saturated carbocycles. The summed E-state index contributed by atoms with van der Waals surface area (Å²) in [6, 6.07) is 5.41. The number of aliphatic hydroxyl groups excluding tert-OH is 3. The van der Waals surface area contributed by atoms with Crippen molar-refractivity contribution in [1.82, 2.24) is 0 Å². The number of nitrogens with one attached hydrogen (secondary N) is 1. The lowest BCUT2D eigenvalue weighted by molar-refractivity contribution is -0.271. The molecule has 8 nitrogen and oxygen atoms in total. The number of hydrogen-bond donors (Lipinski definition) is 5. The summed E-state index contributed by atoms with van der Waals surface area (Å²) < 4.78 is 10.7. The molecule has 1 aliphatic rings. The first-order valence-electron chi connectivity index (χ1n) is 7.28. The van der Waals surface area contributed by atoms with Gasteiger partial charge in [-0.15, -0.1) is 0 Å². The van der Waals surface area contributed by atoms with Crippen LogP contribution < -0.4 is 10.1 Å². The van der Waals surface area contributed by atoms with E-state index >= 15 is 0 Å². The highest BCUT2D eigenvalue weighted by molar-refractivity contribution is 5.73. The summed E-state index contributed by atoms with van der Waals surface area (Å²) in [5, 5.41) is 41.4. The molecule has 0 aromatic heterocycles. The van der Waals surface area contributed by atoms with Gasteiger partial charge in [0.25, 0.3) is 0 Å². The van der Waals surface area contributed by atoms with Crippen LogP contribution in [0, 0.1) is 0 Å². The molecule has 0 unspecified atom stereocenters. The third-order valence-electron chi connectivity index (χ3n) is 3.78. The van der Waals surface area contributed by atoms with Crippen LogP contribution in [-0.4, -0.2) is 64.1 Å². The van der Waals surface area contributed by atoms with E-state index in [0.29, 0.717) is 11.4 Å². The predicted molar refractivity (Wildman–Crippen MR) is 80.3 cm³/mol. The molecule has 2 rings (SSSR count). The van der Waals surface area contributed by atoms with Crippen LogP contribution in [0.25, 0.3) is 0 Å². The fourth-order valence-electron chi connectivity index (χ4n) is 2.37. The van der Waals surface area contributed by atoms with Gasteiger partial charge in [0.05, 0.1) is 5.69 Å². The summed E-state index contributed by atoms with van der Waals surface area (Å²) in [6.07, 6.45) is -7.38. The molecule has 0 radical (unpaired) electrons. The second-order valence-electron chi connectivity index (χ2n) is 5.29. The molecule has 1 saturated heterocycles. The molecule has 5 atom stereocenters. The van der Waals surface area contributed by atoms with Gasteiger partial charge in [-0.1, -0.05) is 13.0 Å². The molecule has 8 heteroatoms. The van der Waals surface area contributed by atoms with Gasteiger partial charge in [-0.05, 0) is 24.1 Å². The molecule has 0 spiro atoms. The minimum absolute atomic E-state index is 0.351. The van der Waals surface area contributed by atoms with Crippen molar-refractivity contribution >= 4 is 11.7 Å². The number of ether oxygens (including phenoxy) is 2. The first-order valence-corrected chi connectivity index (χ1v) is 7.28. The largest absolute Gasteiger partial charge is 0.479 e. The van der Waals surface area contributed by atoms with Crippen LogP contribution in [-0.2, 0) is 16.0 Å². The van der Waals surface area contributed by atoms with E-state index in [4.69, 9.17) is 14.6 Å². The molecular formula is C15H21NO7. The van der Waals surface area contributed by atoms with Crippen molar-refractivity contribution < 1.29 is 34.7 Å².